The SMILES string of the molecule is CCOCC(C)N[C@@H](C)c1ccc(Br)cc1. The zero-order valence-corrected chi connectivity index (χ0v) is 11.8. The predicted molar refractivity (Wildman–Crippen MR) is 71.6 cm³/mol. The largest absolute Gasteiger partial charge is 0.380 e. The molecule has 0 spiro atoms. The van der Waals surface area contributed by atoms with Gasteiger partial charge in [0, 0.05) is 23.2 Å². The van der Waals surface area contributed by atoms with Gasteiger partial charge >= 0.3 is 0 Å². The van der Waals surface area contributed by atoms with Crippen LogP contribution < -0.4 is 5.32 Å². The Labute approximate surface area is 107 Å². The fraction of sp³-hybridized carbons (Fsp3) is 0.538. The van der Waals surface area contributed by atoms with Crippen LogP contribution in [0.5, 0.6) is 0 Å². The summed E-state index contributed by atoms with van der Waals surface area (Å²) in [4.78, 5) is 0. The lowest BCUT2D eigenvalue weighted by Crippen LogP contribution is -2.32. The van der Waals surface area contributed by atoms with Crippen molar-refractivity contribution in [2.75, 3.05) is 13.2 Å². The van der Waals surface area contributed by atoms with E-state index in [1.807, 2.05) is 6.92 Å². The first kappa shape index (κ1) is 13.7. The molecule has 3 heteroatoms. The second-order valence-electron chi connectivity index (χ2n) is 4.00. The first-order valence-electron chi connectivity index (χ1n) is 5.72. The Morgan fingerprint density at radius 3 is 2.44 bits per heavy atom. The minimum absolute atomic E-state index is 0.351. The molecule has 1 N–H and O–H groups in total. The van der Waals surface area contributed by atoms with Gasteiger partial charge in [-0.15, -0.1) is 0 Å². The fourth-order valence-electron chi connectivity index (χ4n) is 1.62. The lowest BCUT2D eigenvalue weighted by molar-refractivity contribution is 0.124. The Balaban J connectivity index is 2.45. The zero-order valence-electron chi connectivity index (χ0n) is 10.2. The first-order chi connectivity index (χ1) is 7.63. The Morgan fingerprint density at radius 1 is 1.25 bits per heavy atom. The summed E-state index contributed by atoms with van der Waals surface area (Å²) in [6.07, 6.45) is 0. The van der Waals surface area contributed by atoms with Gasteiger partial charge in [0.05, 0.1) is 6.61 Å². The maximum atomic E-state index is 5.38. The maximum Gasteiger partial charge on any atom is 0.0616 e. The number of rotatable bonds is 6. The highest BCUT2D eigenvalue weighted by Gasteiger charge is 2.08. The Kier molecular flexibility index (Phi) is 6.03. The van der Waals surface area contributed by atoms with Crippen molar-refractivity contribution >= 4 is 15.9 Å². The van der Waals surface area contributed by atoms with Gasteiger partial charge in [-0.1, -0.05) is 28.1 Å². The van der Waals surface area contributed by atoms with Crippen LogP contribution in [0.2, 0.25) is 0 Å². The van der Waals surface area contributed by atoms with Gasteiger partial charge in [-0.3, -0.25) is 0 Å². The monoisotopic (exact) mass is 285 g/mol. The predicted octanol–water partition coefficient (Wildman–Crippen LogP) is 3.52. The van der Waals surface area contributed by atoms with Gasteiger partial charge in [0.15, 0.2) is 0 Å². The van der Waals surface area contributed by atoms with Crippen molar-refractivity contribution in [3.63, 3.8) is 0 Å². The highest BCUT2D eigenvalue weighted by atomic mass is 79.9. The minimum atomic E-state index is 0.351. The molecular formula is C13H20BrNO. The van der Waals surface area contributed by atoms with E-state index in [0.717, 1.165) is 17.7 Å². The summed E-state index contributed by atoms with van der Waals surface area (Å²) in [5, 5.41) is 3.51. The van der Waals surface area contributed by atoms with Gasteiger partial charge in [0.2, 0.25) is 0 Å². The topological polar surface area (TPSA) is 21.3 Å². The van der Waals surface area contributed by atoms with E-state index in [9.17, 15) is 0 Å². The third-order valence-corrected chi connectivity index (χ3v) is 3.01. The summed E-state index contributed by atoms with van der Waals surface area (Å²) >= 11 is 3.44. The molecule has 0 fully saturated rings. The van der Waals surface area contributed by atoms with E-state index >= 15 is 0 Å². The molecule has 90 valence electrons. The van der Waals surface area contributed by atoms with E-state index in [1.165, 1.54) is 5.56 Å². The summed E-state index contributed by atoms with van der Waals surface area (Å²) in [5.41, 5.74) is 1.30. The van der Waals surface area contributed by atoms with E-state index < -0.39 is 0 Å². The van der Waals surface area contributed by atoms with Crippen molar-refractivity contribution in [3.8, 4) is 0 Å². The molecule has 0 bridgehead atoms. The molecule has 1 rings (SSSR count). The van der Waals surface area contributed by atoms with Crippen molar-refractivity contribution in [3.05, 3.63) is 34.3 Å². The molecule has 0 aliphatic carbocycles. The first-order valence-corrected chi connectivity index (χ1v) is 6.52. The number of halogens is 1. The van der Waals surface area contributed by atoms with Crippen LogP contribution in [0.25, 0.3) is 0 Å². The van der Waals surface area contributed by atoms with Crippen LogP contribution in [-0.4, -0.2) is 19.3 Å². The van der Waals surface area contributed by atoms with Crippen LogP contribution in [0, 0.1) is 0 Å². The van der Waals surface area contributed by atoms with Gasteiger partial charge in [0.1, 0.15) is 0 Å². The Hall–Kier alpha value is -0.380. The number of nitrogens with one attached hydrogen (secondary N) is 1. The van der Waals surface area contributed by atoms with Gasteiger partial charge in [-0.25, -0.2) is 0 Å². The van der Waals surface area contributed by atoms with Gasteiger partial charge < -0.3 is 10.1 Å². The molecule has 1 unspecified atom stereocenters. The highest BCUT2D eigenvalue weighted by Crippen LogP contribution is 2.16. The lowest BCUT2D eigenvalue weighted by atomic mass is 10.1. The summed E-state index contributed by atoms with van der Waals surface area (Å²) in [6, 6.07) is 9.13. The number of benzene rings is 1. The zero-order chi connectivity index (χ0) is 12.0. The standard InChI is InChI=1S/C13H20BrNO/c1-4-16-9-10(2)15-11(3)12-5-7-13(14)8-6-12/h5-8,10-11,15H,4,9H2,1-3H3/t10?,11-/m0/s1. The van der Waals surface area contributed by atoms with Crippen LogP contribution in [0.4, 0.5) is 0 Å². The van der Waals surface area contributed by atoms with Gasteiger partial charge in [-0.05, 0) is 38.5 Å². The molecule has 0 radical (unpaired) electrons. The average molecular weight is 286 g/mol. The average Bonchev–Trinajstić information content (AvgIpc) is 2.27. The fourth-order valence-corrected chi connectivity index (χ4v) is 1.88. The molecule has 0 aromatic heterocycles. The van der Waals surface area contributed by atoms with E-state index in [4.69, 9.17) is 4.74 Å². The number of hydrogen-bond donors (Lipinski definition) is 1. The van der Waals surface area contributed by atoms with E-state index in [0.29, 0.717) is 12.1 Å². The molecule has 0 amide bonds. The Morgan fingerprint density at radius 2 is 1.88 bits per heavy atom. The summed E-state index contributed by atoms with van der Waals surface area (Å²) in [7, 11) is 0. The summed E-state index contributed by atoms with van der Waals surface area (Å²) in [6.45, 7) is 7.87. The third-order valence-electron chi connectivity index (χ3n) is 2.48. The van der Waals surface area contributed by atoms with Crippen LogP contribution in [-0.2, 0) is 4.74 Å². The third kappa shape index (κ3) is 4.64. The number of ether oxygens (including phenoxy) is 1. The molecule has 0 saturated carbocycles. The number of hydrogen-bond acceptors (Lipinski definition) is 2. The van der Waals surface area contributed by atoms with Crippen molar-refractivity contribution in [1.82, 2.24) is 5.32 Å². The Bertz CT molecular complexity index is 299. The van der Waals surface area contributed by atoms with E-state index in [1.54, 1.807) is 0 Å². The minimum Gasteiger partial charge on any atom is -0.380 e. The van der Waals surface area contributed by atoms with Gasteiger partial charge in [-0.2, -0.15) is 0 Å². The molecule has 1 aromatic rings. The summed E-state index contributed by atoms with van der Waals surface area (Å²) in [5.74, 6) is 0. The molecule has 2 atom stereocenters. The maximum absolute atomic E-state index is 5.38. The normalized spacial score (nSPS) is 14.8. The molecule has 1 aromatic carbocycles. The lowest BCUT2D eigenvalue weighted by Gasteiger charge is -2.20. The van der Waals surface area contributed by atoms with Crippen molar-refractivity contribution in [1.29, 1.82) is 0 Å². The molecule has 0 saturated heterocycles. The molecule has 0 aliphatic heterocycles. The summed E-state index contributed by atoms with van der Waals surface area (Å²) < 4.78 is 6.50. The van der Waals surface area contributed by atoms with Gasteiger partial charge in [0.25, 0.3) is 0 Å². The van der Waals surface area contributed by atoms with Crippen LogP contribution >= 0.6 is 15.9 Å². The second kappa shape index (κ2) is 7.05. The second-order valence-corrected chi connectivity index (χ2v) is 4.92. The molecular weight excluding hydrogens is 266 g/mol. The van der Waals surface area contributed by atoms with E-state index in [-0.39, 0.29) is 0 Å². The van der Waals surface area contributed by atoms with E-state index in [2.05, 4.69) is 59.4 Å². The van der Waals surface area contributed by atoms with Crippen LogP contribution in [0.15, 0.2) is 28.7 Å². The molecule has 0 aliphatic rings. The van der Waals surface area contributed by atoms with Crippen molar-refractivity contribution < 1.29 is 4.74 Å². The van der Waals surface area contributed by atoms with Crippen molar-refractivity contribution in [2.45, 2.75) is 32.9 Å². The molecule has 16 heavy (non-hydrogen) atoms. The molecule has 0 heterocycles. The van der Waals surface area contributed by atoms with Crippen LogP contribution in [0.3, 0.4) is 0 Å². The quantitative estimate of drug-likeness (QED) is 0.864. The molecule has 2 nitrogen and oxygen atoms in total. The van der Waals surface area contributed by atoms with Crippen molar-refractivity contribution in [2.24, 2.45) is 0 Å². The van der Waals surface area contributed by atoms with Crippen LogP contribution in [0.1, 0.15) is 32.4 Å². The smallest absolute Gasteiger partial charge is 0.0616 e. The highest BCUT2D eigenvalue weighted by molar-refractivity contribution is 9.10.